The number of nitrogens with two attached hydrogens (primary N) is 1. The van der Waals surface area contributed by atoms with Crippen LogP contribution in [0.5, 0.6) is 5.75 Å². The van der Waals surface area contributed by atoms with Crippen molar-refractivity contribution in [1.82, 2.24) is 5.16 Å². The van der Waals surface area contributed by atoms with Gasteiger partial charge in [0, 0.05) is 5.56 Å². The number of hydrogen-bond donors (Lipinski definition) is 1. The van der Waals surface area contributed by atoms with Gasteiger partial charge in [-0.1, -0.05) is 30.1 Å². The van der Waals surface area contributed by atoms with Crippen molar-refractivity contribution in [1.29, 1.82) is 0 Å². The summed E-state index contributed by atoms with van der Waals surface area (Å²) in [6.45, 7) is 4.13. The first kappa shape index (κ1) is 12.5. The molecule has 0 aliphatic carbocycles. The Morgan fingerprint density at radius 1 is 1.39 bits per heavy atom. The Balaban J connectivity index is 2.57. The lowest BCUT2D eigenvalue weighted by molar-refractivity contribution is 0.406. The van der Waals surface area contributed by atoms with Gasteiger partial charge in [-0.3, -0.25) is 0 Å². The van der Waals surface area contributed by atoms with Gasteiger partial charge in [-0.25, -0.2) is 0 Å². The molecule has 4 heteroatoms. The summed E-state index contributed by atoms with van der Waals surface area (Å²) in [5.74, 6) is 1.96. The number of rotatable bonds is 4. The highest BCUT2D eigenvalue weighted by Gasteiger charge is 2.18. The third-order valence-corrected chi connectivity index (χ3v) is 2.92. The van der Waals surface area contributed by atoms with Crippen molar-refractivity contribution in [2.45, 2.75) is 26.7 Å². The summed E-state index contributed by atoms with van der Waals surface area (Å²) in [6, 6.07) is 5.96. The van der Waals surface area contributed by atoms with E-state index >= 15 is 0 Å². The maximum Gasteiger partial charge on any atom is 0.175 e. The quantitative estimate of drug-likeness (QED) is 0.899. The molecule has 2 N–H and O–H groups in total. The number of nitrogens with zero attached hydrogens (tertiary/aromatic N) is 1. The third kappa shape index (κ3) is 2.18. The van der Waals surface area contributed by atoms with Crippen LogP contribution in [0.4, 0.5) is 5.82 Å². The van der Waals surface area contributed by atoms with E-state index in [1.54, 1.807) is 7.11 Å². The van der Waals surface area contributed by atoms with E-state index in [1.165, 1.54) is 0 Å². The van der Waals surface area contributed by atoms with Gasteiger partial charge in [-0.05, 0) is 25.5 Å². The van der Waals surface area contributed by atoms with Crippen molar-refractivity contribution >= 4 is 5.82 Å². The standard InChI is InChI=1S/C14H18N2O2/c1-4-5-10-13(18-16-14(10)15)11-8-9(2)6-7-12(11)17-3/h6-8H,4-5H2,1-3H3,(H2,15,16). The molecule has 1 heterocycles. The number of hydrogen-bond acceptors (Lipinski definition) is 4. The second-order valence-electron chi connectivity index (χ2n) is 4.33. The summed E-state index contributed by atoms with van der Waals surface area (Å²) in [7, 11) is 1.65. The van der Waals surface area contributed by atoms with Gasteiger partial charge < -0.3 is 15.0 Å². The number of aromatic nitrogens is 1. The van der Waals surface area contributed by atoms with Crippen LogP contribution in [0.15, 0.2) is 22.7 Å². The highest BCUT2D eigenvalue weighted by molar-refractivity contribution is 5.72. The molecule has 0 unspecified atom stereocenters. The number of ether oxygens (including phenoxy) is 1. The lowest BCUT2D eigenvalue weighted by Crippen LogP contribution is -1.94. The molecule has 0 saturated heterocycles. The monoisotopic (exact) mass is 246 g/mol. The molecule has 0 atom stereocenters. The van der Waals surface area contributed by atoms with E-state index in [0.29, 0.717) is 5.82 Å². The number of benzene rings is 1. The van der Waals surface area contributed by atoms with E-state index in [1.807, 2.05) is 25.1 Å². The van der Waals surface area contributed by atoms with Gasteiger partial charge in [-0.2, -0.15) is 0 Å². The van der Waals surface area contributed by atoms with Crippen molar-refractivity contribution in [3.8, 4) is 17.1 Å². The molecule has 0 spiro atoms. The molecule has 0 saturated carbocycles. The molecule has 0 aliphatic rings. The van der Waals surface area contributed by atoms with E-state index in [-0.39, 0.29) is 0 Å². The average molecular weight is 246 g/mol. The first-order valence-electron chi connectivity index (χ1n) is 6.06. The number of methoxy groups -OCH3 is 1. The molecule has 1 aromatic heterocycles. The zero-order valence-electron chi connectivity index (χ0n) is 11.0. The maximum absolute atomic E-state index is 5.85. The first-order chi connectivity index (χ1) is 8.67. The van der Waals surface area contributed by atoms with E-state index in [9.17, 15) is 0 Å². The summed E-state index contributed by atoms with van der Waals surface area (Å²) in [5.41, 5.74) is 8.86. The molecule has 18 heavy (non-hydrogen) atoms. The minimum Gasteiger partial charge on any atom is -0.496 e. The smallest absolute Gasteiger partial charge is 0.175 e. The predicted octanol–water partition coefficient (Wildman–Crippen LogP) is 3.19. The fourth-order valence-corrected chi connectivity index (χ4v) is 2.02. The van der Waals surface area contributed by atoms with Crippen molar-refractivity contribution in [2.24, 2.45) is 0 Å². The van der Waals surface area contributed by atoms with E-state index in [0.717, 1.165) is 41.0 Å². The molecule has 0 bridgehead atoms. The highest BCUT2D eigenvalue weighted by atomic mass is 16.5. The summed E-state index contributed by atoms with van der Waals surface area (Å²) < 4.78 is 10.7. The number of aryl methyl sites for hydroxylation is 1. The van der Waals surface area contributed by atoms with Gasteiger partial charge in [0.2, 0.25) is 0 Å². The molecule has 0 aliphatic heterocycles. The van der Waals surface area contributed by atoms with Crippen LogP contribution in [0.3, 0.4) is 0 Å². The van der Waals surface area contributed by atoms with Gasteiger partial charge in [0.05, 0.1) is 12.7 Å². The van der Waals surface area contributed by atoms with E-state index in [4.69, 9.17) is 15.0 Å². The fraction of sp³-hybridized carbons (Fsp3) is 0.357. The summed E-state index contributed by atoms with van der Waals surface area (Å²) in [5, 5.41) is 3.86. The average Bonchev–Trinajstić information content (AvgIpc) is 2.72. The Hall–Kier alpha value is -1.97. The Kier molecular flexibility index (Phi) is 3.55. The van der Waals surface area contributed by atoms with Gasteiger partial charge in [0.25, 0.3) is 0 Å². The molecule has 0 radical (unpaired) electrons. The lowest BCUT2D eigenvalue weighted by Gasteiger charge is -2.08. The summed E-state index contributed by atoms with van der Waals surface area (Å²) in [6.07, 6.45) is 1.84. The topological polar surface area (TPSA) is 61.3 Å². The Bertz CT molecular complexity index is 547. The largest absolute Gasteiger partial charge is 0.496 e. The van der Waals surface area contributed by atoms with E-state index < -0.39 is 0 Å². The third-order valence-electron chi connectivity index (χ3n) is 2.92. The summed E-state index contributed by atoms with van der Waals surface area (Å²) in [4.78, 5) is 0. The van der Waals surface area contributed by atoms with Crippen LogP contribution in [0, 0.1) is 6.92 Å². The maximum atomic E-state index is 5.85. The highest BCUT2D eigenvalue weighted by Crippen LogP contribution is 2.35. The Morgan fingerprint density at radius 2 is 2.17 bits per heavy atom. The second-order valence-corrected chi connectivity index (χ2v) is 4.33. The van der Waals surface area contributed by atoms with Crippen molar-refractivity contribution in [2.75, 3.05) is 12.8 Å². The number of nitrogen functional groups attached to an aromatic ring is 1. The molecule has 1 aromatic carbocycles. The van der Waals surface area contributed by atoms with Crippen LogP contribution in [0.25, 0.3) is 11.3 Å². The lowest BCUT2D eigenvalue weighted by atomic mass is 10.0. The molecular formula is C14H18N2O2. The van der Waals surface area contributed by atoms with Crippen molar-refractivity contribution < 1.29 is 9.26 Å². The van der Waals surface area contributed by atoms with Gasteiger partial charge in [0.1, 0.15) is 5.75 Å². The van der Waals surface area contributed by atoms with Gasteiger partial charge >= 0.3 is 0 Å². The molecule has 2 rings (SSSR count). The molecule has 96 valence electrons. The number of anilines is 1. The Labute approximate surface area is 107 Å². The van der Waals surface area contributed by atoms with E-state index in [2.05, 4.69) is 12.1 Å². The molecular weight excluding hydrogens is 228 g/mol. The zero-order valence-corrected chi connectivity index (χ0v) is 11.0. The van der Waals surface area contributed by atoms with Crippen LogP contribution < -0.4 is 10.5 Å². The molecule has 0 fully saturated rings. The van der Waals surface area contributed by atoms with Crippen molar-refractivity contribution in [3.63, 3.8) is 0 Å². The minimum absolute atomic E-state index is 0.468. The van der Waals surface area contributed by atoms with Crippen LogP contribution >= 0.6 is 0 Å². The Morgan fingerprint density at radius 3 is 2.83 bits per heavy atom. The molecule has 4 nitrogen and oxygen atoms in total. The first-order valence-corrected chi connectivity index (χ1v) is 6.06. The SMILES string of the molecule is CCCc1c(N)noc1-c1cc(C)ccc1OC. The van der Waals surface area contributed by atoms with Crippen LogP contribution in [-0.4, -0.2) is 12.3 Å². The second kappa shape index (κ2) is 5.12. The van der Waals surface area contributed by atoms with Crippen molar-refractivity contribution in [3.05, 3.63) is 29.3 Å². The molecule has 0 amide bonds. The zero-order chi connectivity index (χ0) is 13.1. The van der Waals surface area contributed by atoms with Gasteiger partial charge in [0.15, 0.2) is 11.6 Å². The van der Waals surface area contributed by atoms with Crippen LogP contribution in [-0.2, 0) is 6.42 Å². The van der Waals surface area contributed by atoms with Crippen LogP contribution in [0.2, 0.25) is 0 Å². The van der Waals surface area contributed by atoms with Crippen LogP contribution in [0.1, 0.15) is 24.5 Å². The normalized spacial score (nSPS) is 10.6. The summed E-state index contributed by atoms with van der Waals surface area (Å²) >= 11 is 0. The predicted molar refractivity (Wildman–Crippen MR) is 71.6 cm³/mol. The van der Waals surface area contributed by atoms with Gasteiger partial charge in [-0.15, -0.1) is 0 Å². The molecule has 2 aromatic rings. The fourth-order valence-electron chi connectivity index (χ4n) is 2.02. The minimum atomic E-state index is 0.468.